The van der Waals surface area contributed by atoms with Crippen LogP contribution in [0.15, 0.2) is 30.5 Å². The van der Waals surface area contributed by atoms with Crippen molar-refractivity contribution in [2.45, 2.75) is 13.1 Å². The number of anilines is 1. The fourth-order valence-corrected chi connectivity index (χ4v) is 2.00. The highest BCUT2D eigenvalue weighted by atomic mass is 19.4. The normalized spacial score (nSPS) is 11.2. The number of halogens is 3. The Morgan fingerprint density at radius 3 is 2.67 bits per heavy atom. The van der Waals surface area contributed by atoms with Crippen molar-refractivity contribution < 1.29 is 27.5 Å². The Morgan fingerprint density at radius 2 is 2.04 bits per heavy atom. The molecule has 1 aromatic carbocycles. The molecular formula is C15H14F3N3O3. The molecule has 2 aromatic rings. The van der Waals surface area contributed by atoms with Gasteiger partial charge in [-0.05, 0) is 25.1 Å². The molecule has 128 valence electrons. The Labute approximate surface area is 135 Å². The van der Waals surface area contributed by atoms with Crippen LogP contribution < -0.4 is 5.32 Å². The number of nitrogens with one attached hydrogen (secondary N) is 1. The lowest BCUT2D eigenvalue weighted by Crippen LogP contribution is -2.18. The van der Waals surface area contributed by atoms with Crippen molar-refractivity contribution in [2.75, 3.05) is 11.9 Å². The van der Waals surface area contributed by atoms with Crippen LogP contribution in [0, 0.1) is 0 Å². The minimum absolute atomic E-state index is 0.169. The molecule has 0 bridgehead atoms. The molecule has 1 heterocycles. The quantitative estimate of drug-likeness (QED) is 0.868. The Hall–Kier alpha value is -2.84. The fraction of sp³-hybridized carbons (Fsp3) is 0.267. The third kappa shape index (κ3) is 3.92. The van der Waals surface area contributed by atoms with Crippen LogP contribution in [0.5, 0.6) is 0 Å². The number of carbonyl (C=O) groups excluding carboxylic acids is 2. The number of amides is 1. The van der Waals surface area contributed by atoms with E-state index in [1.54, 1.807) is 6.92 Å². The van der Waals surface area contributed by atoms with Gasteiger partial charge in [0, 0.05) is 18.9 Å². The van der Waals surface area contributed by atoms with Gasteiger partial charge in [0.15, 0.2) is 5.69 Å². The largest absolute Gasteiger partial charge is 0.462 e. The maximum Gasteiger partial charge on any atom is 0.435 e. The smallest absolute Gasteiger partial charge is 0.435 e. The van der Waals surface area contributed by atoms with Crippen molar-refractivity contribution >= 4 is 17.6 Å². The molecule has 1 N–H and O–H groups in total. The number of esters is 1. The lowest BCUT2D eigenvalue weighted by molar-refractivity contribution is -0.141. The number of aromatic nitrogens is 2. The lowest BCUT2D eigenvalue weighted by atomic mass is 10.2. The Balaban J connectivity index is 2.25. The van der Waals surface area contributed by atoms with Crippen LogP contribution >= 0.6 is 0 Å². The van der Waals surface area contributed by atoms with E-state index in [1.165, 1.54) is 31.3 Å². The van der Waals surface area contributed by atoms with Crippen LogP contribution in [0.2, 0.25) is 0 Å². The van der Waals surface area contributed by atoms with Crippen molar-refractivity contribution in [3.63, 3.8) is 0 Å². The number of hydrogen-bond acceptors (Lipinski definition) is 4. The summed E-state index contributed by atoms with van der Waals surface area (Å²) in [7, 11) is 1.29. The van der Waals surface area contributed by atoms with E-state index in [1.807, 2.05) is 0 Å². The van der Waals surface area contributed by atoms with E-state index in [2.05, 4.69) is 10.4 Å². The van der Waals surface area contributed by atoms with Gasteiger partial charge < -0.3 is 10.1 Å². The highest BCUT2D eigenvalue weighted by Gasteiger charge is 2.39. The van der Waals surface area contributed by atoms with Gasteiger partial charge in [-0.3, -0.25) is 9.48 Å². The molecule has 6 nitrogen and oxygen atoms in total. The van der Waals surface area contributed by atoms with Crippen molar-refractivity contribution in [1.82, 2.24) is 9.78 Å². The summed E-state index contributed by atoms with van der Waals surface area (Å²) in [6.45, 7) is 1.82. The molecule has 0 aliphatic heterocycles. The summed E-state index contributed by atoms with van der Waals surface area (Å²) in [5.41, 5.74) is -1.53. The second-order valence-corrected chi connectivity index (χ2v) is 4.82. The molecule has 0 radical (unpaired) electrons. The van der Waals surface area contributed by atoms with Crippen LogP contribution in [0.25, 0.3) is 0 Å². The molecule has 0 unspecified atom stereocenters. The van der Waals surface area contributed by atoms with Gasteiger partial charge in [-0.15, -0.1) is 0 Å². The Bertz CT molecular complexity index is 769. The average Bonchev–Trinajstić information content (AvgIpc) is 2.90. The number of benzene rings is 1. The summed E-state index contributed by atoms with van der Waals surface area (Å²) in [4.78, 5) is 23.8. The molecule has 0 saturated heterocycles. The van der Waals surface area contributed by atoms with Crippen molar-refractivity contribution in [1.29, 1.82) is 0 Å². The van der Waals surface area contributed by atoms with E-state index in [0.717, 1.165) is 10.9 Å². The number of rotatable bonds is 4. The third-order valence-corrected chi connectivity index (χ3v) is 2.97. The second kappa shape index (κ2) is 6.73. The summed E-state index contributed by atoms with van der Waals surface area (Å²) in [6, 6.07) is 5.72. The monoisotopic (exact) mass is 341 g/mol. The van der Waals surface area contributed by atoms with Crippen molar-refractivity contribution in [3.05, 3.63) is 47.3 Å². The van der Waals surface area contributed by atoms with E-state index in [-0.39, 0.29) is 17.9 Å². The molecule has 0 aliphatic rings. The lowest BCUT2D eigenvalue weighted by Gasteiger charge is -2.08. The first-order chi connectivity index (χ1) is 11.2. The highest BCUT2D eigenvalue weighted by molar-refractivity contribution is 6.05. The van der Waals surface area contributed by atoms with Crippen LogP contribution in [0.1, 0.15) is 33.3 Å². The topological polar surface area (TPSA) is 73.2 Å². The Kier molecular flexibility index (Phi) is 4.91. The van der Waals surface area contributed by atoms with E-state index < -0.39 is 29.3 Å². The highest BCUT2D eigenvalue weighted by Crippen LogP contribution is 2.30. The predicted octanol–water partition coefficient (Wildman–Crippen LogP) is 2.87. The standard InChI is InChI=1S/C15H14F3N3O3/c1-3-24-14(23)9-5-4-6-10(7-9)19-13(22)11-8-21(2)20-12(11)15(16,17)18/h4-8H,3H2,1-2H3,(H,19,22). The number of hydrogen-bond donors (Lipinski definition) is 1. The molecule has 0 fully saturated rings. The number of alkyl halides is 3. The van der Waals surface area contributed by atoms with Crippen LogP contribution in [0.4, 0.5) is 18.9 Å². The zero-order valence-corrected chi connectivity index (χ0v) is 12.8. The average molecular weight is 341 g/mol. The molecule has 2 rings (SSSR count). The predicted molar refractivity (Wildman–Crippen MR) is 78.6 cm³/mol. The van der Waals surface area contributed by atoms with Gasteiger partial charge in [0.25, 0.3) is 5.91 Å². The summed E-state index contributed by atoms with van der Waals surface area (Å²) in [5.74, 6) is -1.57. The Morgan fingerprint density at radius 1 is 1.33 bits per heavy atom. The van der Waals surface area contributed by atoms with Crippen LogP contribution in [-0.4, -0.2) is 28.3 Å². The van der Waals surface area contributed by atoms with Gasteiger partial charge in [-0.1, -0.05) is 6.07 Å². The van der Waals surface area contributed by atoms with Gasteiger partial charge in [0.1, 0.15) is 0 Å². The number of aryl methyl sites for hydroxylation is 1. The first kappa shape index (κ1) is 17.5. The van der Waals surface area contributed by atoms with Gasteiger partial charge in [-0.25, -0.2) is 4.79 Å². The van der Waals surface area contributed by atoms with Gasteiger partial charge in [0.2, 0.25) is 0 Å². The maximum absolute atomic E-state index is 12.9. The van der Waals surface area contributed by atoms with Crippen LogP contribution in [0.3, 0.4) is 0 Å². The summed E-state index contributed by atoms with van der Waals surface area (Å²) in [5, 5.41) is 5.59. The molecule has 9 heteroatoms. The molecule has 1 amide bonds. The van der Waals surface area contributed by atoms with Gasteiger partial charge >= 0.3 is 12.1 Å². The molecule has 0 aliphatic carbocycles. The van der Waals surface area contributed by atoms with E-state index in [4.69, 9.17) is 4.74 Å². The fourth-order valence-electron chi connectivity index (χ4n) is 2.00. The third-order valence-electron chi connectivity index (χ3n) is 2.97. The molecular weight excluding hydrogens is 327 g/mol. The number of carbonyl (C=O) groups is 2. The number of nitrogens with zero attached hydrogens (tertiary/aromatic N) is 2. The van der Waals surface area contributed by atoms with E-state index >= 15 is 0 Å². The van der Waals surface area contributed by atoms with E-state index in [9.17, 15) is 22.8 Å². The zero-order valence-electron chi connectivity index (χ0n) is 12.8. The first-order valence-electron chi connectivity index (χ1n) is 6.91. The summed E-state index contributed by atoms with van der Waals surface area (Å²) >= 11 is 0. The number of ether oxygens (including phenoxy) is 1. The van der Waals surface area contributed by atoms with E-state index in [0.29, 0.717) is 0 Å². The summed E-state index contributed by atoms with van der Waals surface area (Å²) < 4.78 is 44.4. The van der Waals surface area contributed by atoms with Gasteiger partial charge in [0.05, 0.1) is 17.7 Å². The minimum Gasteiger partial charge on any atom is -0.462 e. The first-order valence-corrected chi connectivity index (χ1v) is 6.91. The summed E-state index contributed by atoms with van der Waals surface area (Å²) in [6.07, 6.45) is -3.77. The zero-order chi connectivity index (χ0) is 17.9. The van der Waals surface area contributed by atoms with Crippen molar-refractivity contribution in [2.24, 2.45) is 7.05 Å². The minimum atomic E-state index is -4.75. The van der Waals surface area contributed by atoms with Crippen molar-refractivity contribution in [3.8, 4) is 0 Å². The van der Waals surface area contributed by atoms with Gasteiger partial charge in [-0.2, -0.15) is 18.3 Å². The van der Waals surface area contributed by atoms with Crippen LogP contribution in [-0.2, 0) is 18.0 Å². The maximum atomic E-state index is 12.9. The second-order valence-electron chi connectivity index (χ2n) is 4.82. The molecule has 1 aromatic heterocycles. The molecule has 24 heavy (non-hydrogen) atoms. The molecule has 0 saturated carbocycles. The molecule has 0 atom stereocenters. The molecule has 0 spiro atoms. The SMILES string of the molecule is CCOC(=O)c1cccc(NC(=O)c2cn(C)nc2C(F)(F)F)c1.